The zero-order valence-electron chi connectivity index (χ0n) is 15.6. The molecule has 1 heterocycles. The fourth-order valence-electron chi connectivity index (χ4n) is 3.62. The maximum absolute atomic E-state index is 12.5. The Balaban J connectivity index is 1.90. The van der Waals surface area contributed by atoms with Gasteiger partial charge in [-0.3, -0.25) is 0 Å². The highest BCUT2D eigenvalue weighted by molar-refractivity contribution is 5.94. The van der Waals surface area contributed by atoms with Crippen molar-refractivity contribution in [1.29, 1.82) is 0 Å². The van der Waals surface area contributed by atoms with Gasteiger partial charge in [0.2, 0.25) is 0 Å². The van der Waals surface area contributed by atoms with E-state index in [2.05, 4.69) is 36.3 Å². The van der Waals surface area contributed by atoms with Crippen LogP contribution in [0, 0.1) is 6.92 Å². The molecule has 136 valence electrons. The number of aromatic nitrogens is 2. The van der Waals surface area contributed by atoms with Gasteiger partial charge in [-0.2, -0.15) is 5.10 Å². The average molecular weight is 358 g/mol. The molecule has 0 spiro atoms. The van der Waals surface area contributed by atoms with Crippen LogP contribution in [0.3, 0.4) is 0 Å². The summed E-state index contributed by atoms with van der Waals surface area (Å²) >= 11 is 0. The Bertz CT molecular complexity index is 1020. The molecule has 0 saturated heterocycles. The van der Waals surface area contributed by atoms with Gasteiger partial charge in [0.25, 0.3) is 0 Å². The number of allylic oxidation sites excluding steroid dienone is 1. The number of benzene rings is 2. The Morgan fingerprint density at radius 1 is 1.11 bits per heavy atom. The van der Waals surface area contributed by atoms with Crippen molar-refractivity contribution >= 4 is 17.6 Å². The van der Waals surface area contributed by atoms with Gasteiger partial charge in [0.05, 0.1) is 18.0 Å². The first-order valence-electron chi connectivity index (χ1n) is 9.30. The van der Waals surface area contributed by atoms with Crippen LogP contribution in [-0.2, 0) is 11.2 Å². The van der Waals surface area contributed by atoms with Crippen LogP contribution in [0.5, 0.6) is 0 Å². The van der Waals surface area contributed by atoms with Crippen molar-refractivity contribution in [3.63, 3.8) is 0 Å². The van der Waals surface area contributed by atoms with Gasteiger partial charge in [-0.05, 0) is 55.5 Å². The summed E-state index contributed by atoms with van der Waals surface area (Å²) < 4.78 is 7.17. The van der Waals surface area contributed by atoms with Gasteiger partial charge in [-0.25, -0.2) is 9.48 Å². The number of esters is 1. The molecule has 0 atom stereocenters. The molecule has 0 radical (unpaired) electrons. The lowest BCUT2D eigenvalue weighted by molar-refractivity contribution is 0.0517. The summed E-state index contributed by atoms with van der Waals surface area (Å²) in [4.78, 5) is 12.5. The lowest BCUT2D eigenvalue weighted by Crippen LogP contribution is -2.09. The molecule has 27 heavy (non-hydrogen) atoms. The number of carbonyl (C=O) groups excluding carboxylic acids is 1. The predicted molar refractivity (Wildman–Crippen MR) is 107 cm³/mol. The molecule has 4 nitrogen and oxygen atoms in total. The molecule has 1 aromatic heterocycles. The maximum Gasteiger partial charge on any atom is 0.359 e. The van der Waals surface area contributed by atoms with E-state index in [0.29, 0.717) is 12.3 Å². The Hall–Kier alpha value is -3.14. The number of nitrogens with zero attached hydrogens (tertiary/aromatic N) is 2. The molecule has 0 bridgehead atoms. The van der Waals surface area contributed by atoms with Gasteiger partial charge >= 0.3 is 5.97 Å². The fourth-order valence-corrected chi connectivity index (χ4v) is 3.62. The van der Waals surface area contributed by atoms with Crippen molar-refractivity contribution < 1.29 is 9.53 Å². The van der Waals surface area contributed by atoms with Crippen LogP contribution in [0.2, 0.25) is 0 Å². The molecule has 0 aliphatic heterocycles. The zero-order valence-corrected chi connectivity index (χ0v) is 15.6. The minimum Gasteiger partial charge on any atom is -0.461 e. The topological polar surface area (TPSA) is 44.1 Å². The predicted octanol–water partition coefficient (Wildman–Crippen LogP) is 4.84. The number of rotatable bonds is 4. The van der Waals surface area contributed by atoms with Crippen LogP contribution in [0.4, 0.5) is 0 Å². The Kier molecular flexibility index (Phi) is 4.63. The molecule has 0 N–H and O–H groups in total. The molecule has 0 saturated carbocycles. The van der Waals surface area contributed by atoms with E-state index in [9.17, 15) is 4.79 Å². The number of hydrogen-bond acceptors (Lipinski definition) is 3. The third kappa shape index (κ3) is 3.19. The summed E-state index contributed by atoms with van der Waals surface area (Å²) in [6.45, 7) is 4.22. The molecule has 0 fully saturated rings. The van der Waals surface area contributed by atoms with Gasteiger partial charge in [0, 0.05) is 5.56 Å². The van der Waals surface area contributed by atoms with Crippen molar-refractivity contribution in [2.24, 2.45) is 0 Å². The van der Waals surface area contributed by atoms with Crippen LogP contribution < -0.4 is 0 Å². The van der Waals surface area contributed by atoms with Crippen molar-refractivity contribution in [2.75, 3.05) is 6.61 Å². The number of hydrogen-bond donors (Lipinski definition) is 0. The van der Waals surface area contributed by atoms with Gasteiger partial charge in [0.1, 0.15) is 0 Å². The summed E-state index contributed by atoms with van der Waals surface area (Å²) in [5.74, 6) is -0.345. The lowest BCUT2D eigenvalue weighted by atomic mass is 10.1. The normalized spacial score (nSPS) is 14.4. The van der Waals surface area contributed by atoms with Crippen molar-refractivity contribution in [2.45, 2.75) is 26.7 Å². The number of fused-ring (bicyclic) bond motifs is 1. The first kappa shape index (κ1) is 17.3. The monoisotopic (exact) mass is 358 g/mol. The minimum atomic E-state index is -0.345. The lowest BCUT2D eigenvalue weighted by Gasteiger charge is -2.10. The molecule has 0 unspecified atom stereocenters. The second kappa shape index (κ2) is 7.23. The standard InChI is InChI=1S/C23H22N2O2/c1-3-27-23(26)21-19-14-13-18(15-17-10-5-4-6-11-17)22(19)25(24-21)20-12-8-7-9-16(20)2/h4-12,15H,3,13-14H2,1-2H3. The SMILES string of the molecule is CCOC(=O)c1nn(-c2ccccc2C)c2c1CCC2=Cc1ccccc1. The second-order valence-corrected chi connectivity index (χ2v) is 6.67. The summed E-state index contributed by atoms with van der Waals surface area (Å²) in [7, 11) is 0. The molecule has 1 aliphatic rings. The van der Waals surface area contributed by atoms with Crippen molar-refractivity contribution in [3.05, 3.63) is 82.7 Å². The first-order chi connectivity index (χ1) is 13.2. The highest BCUT2D eigenvalue weighted by Crippen LogP contribution is 2.38. The van der Waals surface area contributed by atoms with E-state index in [1.165, 1.54) is 5.57 Å². The van der Waals surface area contributed by atoms with Gasteiger partial charge in [0.15, 0.2) is 5.69 Å². The molecule has 4 heteroatoms. The van der Waals surface area contributed by atoms with Crippen LogP contribution in [-0.4, -0.2) is 22.4 Å². The van der Waals surface area contributed by atoms with Crippen LogP contribution >= 0.6 is 0 Å². The molecule has 3 aromatic rings. The Morgan fingerprint density at radius 2 is 1.85 bits per heavy atom. The summed E-state index contributed by atoms with van der Waals surface area (Å²) in [5, 5.41) is 4.67. The Morgan fingerprint density at radius 3 is 2.59 bits per heavy atom. The number of carbonyl (C=O) groups is 1. The van der Waals surface area contributed by atoms with Gasteiger partial charge < -0.3 is 4.74 Å². The summed E-state index contributed by atoms with van der Waals surface area (Å²) in [6.07, 6.45) is 3.88. The van der Waals surface area contributed by atoms with Gasteiger partial charge in [-0.15, -0.1) is 0 Å². The molecular weight excluding hydrogens is 336 g/mol. The summed E-state index contributed by atoms with van der Waals surface area (Å²) in [6, 6.07) is 18.4. The fraction of sp³-hybridized carbons (Fsp3) is 0.217. The second-order valence-electron chi connectivity index (χ2n) is 6.67. The highest BCUT2D eigenvalue weighted by atomic mass is 16.5. The molecule has 0 amide bonds. The zero-order chi connectivity index (χ0) is 18.8. The van der Waals surface area contributed by atoms with E-state index in [0.717, 1.165) is 40.9 Å². The molecule has 4 rings (SSSR count). The van der Waals surface area contributed by atoms with Gasteiger partial charge in [-0.1, -0.05) is 48.5 Å². The van der Waals surface area contributed by atoms with E-state index in [-0.39, 0.29) is 5.97 Å². The third-order valence-corrected chi connectivity index (χ3v) is 4.88. The number of ether oxygens (including phenoxy) is 1. The van der Waals surface area contributed by atoms with Crippen molar-refractivity contribution in [1.82, 2.24) is 9.78 Å². The van der Waals surface area contributed by atoms with Crippen LogP contribution in [0.1, 0.15) is 46.2 Å². The van der Waals surface area contributed by atoms with Crippen LogP contribution in [0.15, 0.2) is 54.6 Å². The van der Waals surface area contributed by atoms with E-state index in [1.54, 1.807) is 0 Å². The maximum atomic E-state index is 12.5. The summed E-state index contributed by atoms with van der Waals surface area (Å²) in [5.41, 5.74) is 6.90. The number of aryl methyl sites for hydroxylation is 1. The van der Waals surface area contributed by atoms with E-state index in [1.807, 2.05) is 48.0 Å². The molecular formula is C23H22N2O2. The smallest absolute Gasteiger partial charge is 0.359 e. The molecule has 1 aliphatic carbocycles. The largest absolute Gasteiger partial charge is 0.461 e. The average Bonchev–Trinajstić information content (AvgIpc) is 3.25. The van der Waals surface area contributed by atoms with E-state index < -0.39 is 0 Å². The van der Waals surface area contributed by atoms with Crippen LogP contribution in [0.25, 0.3) is 17.3 Å². The minimum absolute atomic E-state index is 0.345. The highest BCUT2D eigenvalue weighted by Gasteiger charge is 2.31. The molecule has 2 aromatic carbocycles. The van der Waals surface area contributed by atoms with E-state index >= 15 is 0 Å². The van der Waals surface area contributed by atoms with Crippen molar-refractivity contribution in [3.8, 4) is 5.69 Å². The Labute approximate surface area is 159 Å². The quantitative estimate of drug-likeness (QED) is 0.627. The van der Waals surface area contributed by atoms with E-state index in [4.69, 9.17) is 4.74 Å². The third-order valence-electron chi connectivity index (χ3n) is 4.88. The first-order valence-corrected chi connectivity index (χ1v) is 9.30. The number of para-hydroxylation sites is 1.